The monoisotopic (exact) mass is 407 g/mol. The highest BCUT2D eigenvalue weighted by Gasteiger charge is 2.34. The largest absolute Gasteiger partial charge is 0.362 e. The number of nitrogens with zero attached hydrogens (tertiary/aromatic N) is 1. The molecule has 2 N–H and O–H groups in total. The van der Waals surface area contributed by atoms with Crippen LogP contribution in [0.5, 0.6) is 0 Å². The van der Waals surface area contributed by atoms with Gasteiger partial charge in [-0.05, 0) is 61.3 Å². The quantitative estimate of drug-likeness (QED) is 0.619. The molecule has 0 radical (unpaired) electrons. The van der Waals surface area contributed by atoms with Gasteiger partial charge in [0.05, 0.1) is 5.02 Å². The predicted octanol–water partition coefficient (Wildman–Crippen LogP) is 5.89. The first-order valence-corrected chi connectivity index (χ1v) is 10.1. The molecule has 1 aromatic heterocycles. The van der Waals surface area contributed by atoms with Crippen molar-refractivity contribution in [3.05, 3.63) is 57.7 Å². The fourth-order valence-corrected chi connectivity index (χ4v) is 4.27. The van der Waals surface area contributed by atoms with E-state index in [1.807, 2.05) is 25.1 Å². The maximum Gasteiger partial charge on any atom is 0.172 e. The van der Waals surface area contributed by atoms with Crippen LogP contribution in [0.4, 0.5) is 5.82 Å². The SMILES string of the molecule is Cc1cnc(NC(=S)NCC2(c3cccc(Cl)c3)CCCCC2)c(Cl)c1. The number of anilines is 1. The number of aryl methyl sites for hydroxylation is 1. The zero-order chi connectivity index (χ0) is 18.6. The Bertz CT molecular complexity index is 788. The number of benzene rings is 1. The summed E-state index contributed by atoms with van der Waals surface area (Å²) in [4.78, 5) is 4.31. The molecule has 0 unspecified atom stereocenters. The van der Waals surface area contributed by atoms with Crippen LogP contribution in [-0.2, 0) is 5.41 Å². The summed E-state index contributed by atoms with van der Waals surface area (Å²) < 4.78 is 0. The topological polar surface area (TPSA) is 37.0 Å². The van der Waals surface area contributed by atoms with Crippen LogP contribution in [0.15, 0.2) is 36.5 Å². The molecule has 0 atom stereocenters. The fourth-order valence-electron chi connectivity index (χ4n) is 3.64. The van der Waals surface area contributed by atoms with Crippen molar-refractivity contribution in [1.82, 2.24) is 10.3 Å². The normalized spacial score (nSPS) is 16.1. The van der Waals surface area contributed by atoms with E-state index in [0.29, 0.717) is 16.0 Å². The third kappa shape index (κ3) is 4.67. The molecule has 0 saturated heterocycles. The van der Waals surface area contributed by atoms with E-state index in [9.17, 15) is 0 Å². The predicted molar refractivity (Wildman–Crippen MR) is 114 cm³/mol. The Morgan fingerprint density at radius 3 is 2.65 bits per heavy atom. The third-order valence-corrected chi connectivity index (χ3v) is 5.81. The summed E-state index contributed by atoms with van der Waals surface area (Å²) in [6.45, 7) is 2.72. The highest BCUT2D eigenvalue weighted by molar-refractivity contribution is 7.80. The van der Waals surface area contributed by atoms with Crippen LogP contribution in [0.3, 0.4) is 0 Å². The van der Waals surface area contributed by atoms with Crippen molar-refractivity contribution in [2.24, 2.45) is 0 Å². The number of halogens is 2. The molecule has 1 aliphatic carbocycles. The third-order valence-electron chi connectivity index (χ3n) is 5.04. The molecule has 26 heavy (non-hydrogen) atoms. The van der Waals surface area contributed by atoms with Crippen molar-refractivity contribution in [1.29, 1.82) is 0 Å². The summed E-state index contributed by atoms with van der Waals surface area (Å²) in [5, 5.41) is 8.37. The molecule has 3 nitrogen and oxygen atoms in total. The molecular formula is C20H23Cl2N3S. The Morgan fingerprint density at radius 2 is 1.96 bits per heavy atom. The van der Waals surface area contributed by atoms with Crippen molar-refractivity contribution in [3.63, 3.8) is 0 Å². The van der Waals surface area contributed by atoms with E-state index in [2.05, 4.69) is 27.8 Å². The van der Waals surface area contributed by atoms with Crippen molar-refractivity contribution in [3.8, 4) is 0 Å². The van der Waals surface area contributed by atoms with Gasteiger partial charge in [0.25, 0.3) is 0 Å². The van der Waals surface area contributed by atoms with Gasteiger partial charge in [-0.25, -0.2) is 4.98 Å². The van der Waals surface area contributed by atoms with E-state index in [4.69, 9.17) is 35.4 Å². The van der Waals surface area contributed by atoms with Gasteiger partial charge < -0.3 is 10.6 Å². The number of nitrogens with one attached hydrogen (secondary N) is 2. The molecule has 1 heterocycles. The molecule has 1 aliphatic rings. The molecule has 3 rings (SSSR count). The maximum atomic E-state index is 6.24. The summed E-state index contributed by atoms with van der Waals surface area (Å²) in [6.07, 6.45) is 7.76. The Labute approximate surface area is 170 Å². The van der Waals surface area contributed by atoms with Crippen LogP contribution >= 0.6 is 35.4 Å². The minimum absolute atomic E-state index is 0.0549. The van der Waals surface area contributed by atoms with Crippen LogP contribution in [0, 0.1) is 6.92 Å². The lowest BCUT2D eigenvalue weighted by molar-refractivity contribution is 0.292. The Hall–Kier alpha value is -1.36. The average molecular weight is 408 g/mol. The molecular weight excluding hydrogens is 385 g/mol. The summed E-state index contributed by atoms with van der Waals surface area (Å²) >= 11 is 18.0. The number of hydrogen-bond acceptors (Lipinski definition) is 2. The molecule has 0 spiro atoms. The van der Waals surface area contributed by atoms with Crippen molar-refractivity contribution in [2.45, 2.75) is 44.4 Å². The summed E-state index contributed by atoms with van der Waals surface area (Å²) in [5.74, 6) is 0.579. The van der Waals surface area contributed by atoms with Crippen LogP contribution in [-0.4, -0.2) is 16.6 Å². The maximum absolute atomic E-state index is 6.24. The van der Waals surface area contributed by atoms with Crippen molar-refractivity contribution in [2.75, 3.05) is 11.9 Å². The van der Waals surface area contributed by atoms with Crippen LogP contribution in [0.1, 0.15) is 43.2 Å². The second kappa shape index (κ2) is 8.55. The van der Waals surface area contributed by atoms with Gasteiger partial charge in [0.2, 0.25) is 0 Å². The summed E-state index contributed by atoms with van der Waals surface area (Å²) in [7, 11) is 0. The van der Waals surface area contributed by atoms with E-state index in [1.165, 1.54) is 24.8 Å². The molecule has 1 fully saturated rings. The zero-order valence-electron chi connectivity index (χ0n) is 14.8. The first-order chi connectivity index (χ1) is 12.5. The van der Waals surface area contributed by atoms with Gasteiger partial charge in [0, 0.05) is 23.2 Å². The van der Waals surface area contributed by atoms with E-state index in [1.54, 1.807) is 6.20 Å². The highest BCUT2D eigenvalue weighted by Crippen LogP contribution is 2.39. The minimum Gasteiger partial charge on any atom is -0.362 e. The smallest absolute Gasteiger partial charge is 0.172 e. The van der Waals surface area contributed by atoms with Gasteiger partial charge in [-0.2, -0.15) is 0 Å². The lowest BCUT2D eigenvalue weighted by Gasteiger charge is -2.38. The van der Waals surface area contributed by atoms with Crippen LogP contribution in [0.2, 0.25) is 10.0 Å². The first-order valence-electron chi connectivity index (χ1n) is 8.92. The summed E-state index contributed by atoms with van der Waals surface area (Å²) in [6, 6.07) is 10.1. The molecule has 6 heteroatoms. The summed E-state index contributed by atoms with van der Waals surface area (Å²) in [5.41, 5.74) is 2.35. The second-order valence-electron chi connectivity index (χ2n) is 7.00. The van der Waals surface area contributed by atoms with E-state index in [0.717, 1.165) is 30.0 Å². The number of thiocarbonyl (C=S) groups is 1. The minimum atomic E-state index is 0.0549. The number of aromatic nitrogens is 1. The van der Waals surface area contributed by atoms with Crippen molar-refractivity contribution < 1.29 is 0 Å². The van der Waals surface area contributed by atoms with Gasteiger partial charge in [-0.15, -0.1) is 0 Å². The lowest BCUT2D eigenvalue weighted by Crippen LogP contribution is -2.43. The zero-order valence-corrected chi connectivity index (χ0v) is 17.1. The molecule has 1 aromatic carbocycles. The Balaban J connectivity index is 1.70. The van der Waals surface area contributed by atoms with Gasteiger partial charge in [-0.1, -0.05) is 54.6 Å². The lowest BCUT2D eigenvalue weighted by atomic mass is 9.69. The molecule has 0 aliphatic heterocycles. The Kier molecular flexibility index (Phi) is 6.38. The average Bonchev–Trinajstić information content (AvgIpc) is 2.63. The van der Waals surface area contributed by atoms with Gasteiger partial charge >= 0.3 is 0 Å². The standard InChI is InChI=1S/C20H23Cl2N3S/c1-14-10-17(22)18(23-12-14)25-19(26)24-13-20(8-3-2-4-9-20)15-6-5-7-16(21)11-15/h5-7,10-12H,2-4,8-9,13H2,1H3,(H2,23,24,25,26). The van der Waals surface area contributed by atoms with Gasteiger partial charge in [0.15, 0.2) is 10.9 Å². The molecule has 1 saturated carbocycles. The van der Waals surface area contributed by atoms with E-state index < -0.39 is 0 Å². The number of rotatable bonds is 4. The highest BCUT2D eigenvalue weighted by atomic mass is 35.5. The number of pyridine rings is 1. The first kappa shape index (κ1) is 19.4. The molecule has 138 valence electrons. The molecule has 0 bridgehead atoms. The molecule has 2 aromatic rings. The van der Waals surface area contributed by atoms with Crippen LogP contribution < -0.4 is 10.6 Å². The number of hydrogen-bond donors (Lipinski definition) is 2. The Morgan fingerprint density at radius 1 is 1.19 bits per heavy atom. The molecule has 0 amide bonds. The van der Waals surface area contributed by atoms with E-state index >= 15 is 0 Å². The van der Waals surface area contributed by atoms with Gasteiger partial charge in [-0.3, -0.25) is 0 Å². The van der Waals surface area contributed by atoms with Crippen molar-refractivity contribution >= 4 is 46.4 Å². The van der Waals surface area contributed by atoms with Gasteiger partial charge in [0.1, 0.15) is 0 Å². The van der Waals surface area contributed by atoms with Crippen LogP contribution in [0.25, 0.3) is 0 Å². The second-order valence-corrected chi connectivity index (χ2v) is 8.25. The fraction of sp³-hybridized carbons (Fsp3) is 0.400. The van der Waals surface area contributed by atoms with E-state index in [-0.39, 0.29) is 5.41 Å².